The fourth-order valence-electron chi connectivity index (χ4n) is 3.05. The van der Waals surface area contributed by atoms with Crippen molar-refractivity contribution in [2.24, 2.45) is 0 Å². The monoisotopic (exact) mass is 333 g/mol. The number of carbonyl (C=O) groups is 1. The zero-order valence-electron chi connectivity index (χ0n) is 14.0. The summed E-state index contributed by atoms with van der Waals surface area (Å²) in [6.07, 6.45) is 5.66. The van der Waals surface area contributed by atoms with Crippen LogP contribution < -0.4 is 5.73 Å². The molecule has 8 heteroatoms. The number of ether oxygens (including phenoxy) is 1. The molecule has 2 aromatic rings. The van der Waals surface area contributed by atoms with Crippen LogP contribution in [0, 0.1) is 0 Å². The van der Waals surface area contributed by atoms with Crippen molar-refractivity contribution in [1.82, 2.24) is 19.7 Å². The number of hydrogen-bond acceptors (Lipinski definition) is 6. The third-order valence-corrected chi connectivity index (χ3v) is 4.26. The van der Waals surface area contributed by atoms with Crippen molar-refractivity contribution in [3.8, 4) is 0 Å². The number of carbonyl (C=O) groups excluding carboxylic acids is 1. The minimum absolute atomic E-state index is 0.00822. The normalized spacial score (nSPS) is 20.7. The summed E-state index contributed by atoms with van der Waals surface area (Å²) in [5, 5.41) is 4.20. The molecule has 0 radical (unpaired) electrons. The zero-order valence-corrected chi connectivity index (χ0v) is 14.0. The van der Waals surface area contributed by atoms with E-state index in [9.17, 15) is 4.79 Å². The Morgan fingerprint density at radius 3 is 3.04 bits per heavy atom. The van der Waals surface area contributed by atoms with Crippen LogP contribution in [0.3, 0.4) is 0 Å². The Kier molecular flexibility index (Phi) is 4.84. The molecule has 130 valence electrons. The molecule has 1 aliphatic heterocycles. The van der Waals surface area contributed by atoms with Crippen molar-refractivity contribution in [3.05, 3.63) is 30.1 Å². The van der Waals surface area contributed by atoms with E-state index in [0.717, 1.165) is 19.3 Å². The largest absolute Gasteiger partial charge is 0.448 e. The van der Waals surface area contributed by atoms with Crippen molar-refractivity contribution < 1.29 is 13.9 Å². The van der Waals surface area contributed by atoms with Crippen molar-refractivity contribution >= 4 is 11.7 Å². The summed E-state index contributed by atoms with van der Waals surface area (Å²) < 4.78 is 12.6. The molecule has 0 aromatic carbocycles. The smallest absolute Gasteiger partial charge is 0.276 e. The van der Waals surface area contributed by atoms with Gasteiger partial charge >= 0.3 is 0 Å². The first kappa shape index (κ1) is 16.5. The summed E-state index contributed by atoms with van der Waals surface area (Å²) in [7, 11) is 1.66. The van der Waals surface area contributed by atoms with Crippen LogP contribution in [0.25, 0.3) is 0 Å². The summed E-state index contributed by atoms with van der Waals surface area (Å²) in [4.78, 5) is 18.9. The molecule has 0 spiro atoms. The van der Waals surface area contributed by atoms with Gasteiger partial charge in [-0.25, -0.2) is 4.98 Å². The number of hydrogen-bond donors (Lipinski definition) is 1. The maximum atomic E-state index is 12.8. The van der Waals surface area contributed by atoms with E-state index in [0.29, 0.717) is 30.5 Å². The second-order valence-electron chi connectivity index (χ2n) is 6.04. The number of aryl methyl sites for hydroxylation is 1. The zero-order chi connectivity index (χ0) is 17.1. The van der Waals surface area contributed by atoms with E-state index in [1.807, 2.05) is 13.1 Å². The predicted molar refractivity (Wildman–Crippen MR) is 87.4 cm³/mol. The van der Waals surface area contributed by atoms with E-state index in [1.165, 1.54) is 6.26 Å². The number of amides is 1. The van der Waals surface area contributed by atoms with Gasteiger partial charge in [0.25, 0.3) is 5.91 Å². The van der Waals surface area contributed by atoms with Crippen LogP contribution >= 0.6 is 0 Å². The Hall–Kier alpha value is -2.35. The second kappa shape index (κ2) is 7.04. The van der Waals surface area contributed by atoms with Gasteiger partial charge in [-0.3, -0.25) is 9.48 Å². The fraction of sp³-hybridized carbons (Fsp3) is 0.562. The van der Waals surface area contributed by atoms with Crippen molar-refractivity contribution in [3.63, 3.8) is 0 Å². The molecule has 1 amide bonds. The molecule has 2 atom stereocenters. The first-order valence-electron chi connectivity index (χ1n) is 8.17. The van der Waals surface area contributed by atoms with Crippen molar-refractivity contribution in [2.75, 3.05) is 19.4 Å². The molecule has 2 N–H and O–H groups in total. The Morgan fingerprint density at radius 2 is 2.38 bits per heavy atom. The van der Waals surface area contributed by atoms with Gasteiger partial charge < -0.3 is 19.8 Å². The van der Waals surface area contributed by atoms with E-state index < -0.39 is 0 Å². The van der Waals surface area contributed by atoms with Gasteiger partial charge in [-0.15, -0.1) is 0 Å². The number of aromatic nitrogens is 3. The molecular formula is C16H23N5O3. The lowest BCUT2D eigenvalue weighted by atomic mass is 10.2. The third kappa shape index (κ3) is 3.43. The van der Waals surface area contributed by atoms with E-state index in [2.05, 4.69) is 10.1 Å². The van der Waals surface area contributed by atoms with Crippen LogP contribution in [-0.4, -0.2) is 51.4 Å². The SMILES string of the molecule is CCCc1nc(C(=O)N2C[C@H](OC)C[C@H]2Cn2ccc(N)n2)co1. The van der Waals surface area contributed by atoms with Gasteiger partial charge in [0.15, 0.2) is 11.6 Å². The number of methoxy groups -OCH3 is 1. The molecule has 3 heterocycles. The van der Waals surface area contributed by atoms with Crippen LogP contribution in [0.5, 0.6) is 0 Å². The molecular weight excluding hydrogens is 310 g/mol. The fourth-order valence-corrected chi connectivity index (χ4v) is 3.05. The van der Waals surface area contributed by atoms with Gasteiger partial charge in [-0.1, -0.05) is 6.92 Å². The Morgan fingerprint density at radius 1 is 1.54 bits per heavy atom. The van der Waals surface area contributed by atoms with Crippen molar-refractivity contribution in [2.45, 2.75) is 44.9 Å². The molecule has 0 aliphatic carbocycles. The van der Waals surface area contributed by atoms with Gasteiger partial charge in [0.1, 0.15) is 12.1 Å². The molecule has 1 fully saturated rings. The average molecular weight is 333 g/mol. The topological polar surface area (TPSA) is 99.4 Å². The third-order valence-electron chi connectivity index (χ3n) is 4.26. The first-order valence-corrected chi connectivity index (χ1v) is 8.17. The molecule has 0 unspecified atom stereocenters. The van der Waals surface area contributed by atoms with Crippen LogP contribution in [0.2, 0.25) is 0 Å². The Balaban J connectivity index is 1.75. The highest BCUT2D eigenvalue weighted by atomic mass is 16.5. The average Bonchev–Trinajstić information content (AvgIpc) is 3.28. The van der Waals surface area contributed by atoms with Crippen LogP contribution in [0.1, 0.15) is 36.1 Å². The molecule has 3 rings (SSSR count). The van der Waals surface area contributed by atoms with Crippen LogP contribution in [0.15, 0.2) is 22.9 Å². The molecule has 0 bridgehead atoms. The van der Waals surface area contributed by atoms with Gasteiger partial charge in [-0.2, -0.15) is 5.10 Å². The van der Waals surface area contributed by atoms with Gasteiger partial charge in [0.2, 0.25) is 0 Å². The van der Waals surface area contributed by atoms with Gasteiger partial charge in [0.05, 0.1) is 18.7 Å². The molecule has 1 saturated heterocycles. The molecule has 8 nitrogen and oxygen atoms in total. The standard InChI is InChI=1S/C16H23N5O3/c1-3-4-15-18-13(10-24-15)16(22)21-9-12(23-2)7-11(21)8-20-6-5-14(17)19-20/h5-6,10-12H,3-4,7-9H2,1-2H3,(H2,17,19)/t11-,12+/m0/s1. The van der Waals surface area contributed by atoms with E-state index >= 15 is 0 Å². The summed E-state index contributed by atoms with van der Waals surface area (Å²) in [5.74, 6) is 0.931. The summed E-state index contributed by atoms with van der Waals surface area (Å²) in [6.45, 7) is 3.15. The number of oxazole rings is 1. The van der Waals surface area contributed by atoms with E-state index in [-0.39, 0.29) is 18.1 Å². The summed E-state index contributed by atoms with van der Waals surface area (Å²) >= 11 is 0. The second-order valence-corrected chi connectivity index (χ2v) is 6.04. The molecule has 0 saturated carbocycles. The highest BCUT2D eigenvalue weighted by Gasteiger charge is 2.37. The maximum absolute atomic E-state index is 12.8. The molecule has 2 aromatic heterocycles. The highest BCUT2D eigenvalue weighted by Crippen LogP contribution is 2.24. The number of nitrogens with two attached hydrogens (primary N) is 1. The van der Waals surface area contributed by atoms with E-state index in [4.69, 9.17) is 14.9 Å². The lowest BCUT2D eigenvalue weighted by molar-refractivity contribution is 0.0673. The Bertz CT molecular complexity index is 695. The predicted octanol–water partition coefficient (Wildman–Crippen LogP) is 1.34. The molecule has 24 heavy (non-hydrogen) atoms. The van der Waals surface area contributed by atoms with Crippen LogP contribution in [-0.2, 0) is 17.7 Å². The number of likely N-dealkylation sites (tertiary alicyclic amines) is 1. The quantitative estimate of drug-likeness (QED) is 0.856. The number of rotatable bonds is 6. The number of nitrogens with zero attached hydrogens (tertiary/aromatic N) is 4. The lowest BCUT2D eigenvalue weighted by Gasteiger charge is -2.23. The van der Waals surface area contributed by atoms with E-state index in [1.54, 1.807) is 22.8 Å². The minimum Gasteiger partial charge on any atom is -0.448 e. The Labute approximate surface area is 140 Å². The van der Waals surface area contributed by atoms with Crippen LogP contribution in [0.4, 0.5) is 5.82 Å². The summed E-state index contributed by atoms with van der Waals surface area (Å²) in [5.41, 5.74) is 6.01. The molecule has 1 aliphatic rings. The van der Waals surface area contributed by atoms with Gasteiger partial charge in [-0.05, 0) is 18.9 Å². The van der Waals surface area contributed by atoms with Gasteiger partial charge in [0, 0.05) is 26.3 Å². The number of nitrogen functional groups attached to an aromatic ring is 1. The first-order chi connectivity index (χ1) is 11.6. The summed E-state index contributed by atoms with van der Waals surface area (Å²) in [6, 6.07) is 1.72. The number of anilines is 1. The van der Waals surface area contributed by atoms with Crippen molar-refractivity contribution in [1.29, 1.82) is 0 Å². The lowest BCUT2D eigenvalue weighted by Crippen LogP contribution is -2.38. The highest BCUT2D eigenvalue weighted by molar-refractivity contribution is 5.92. The maximum Gasteiger partial charge on any atom is 0.276 e. The minimum atomic E-state index is -0.134.